The second-order valence-electron chi connectivity index (χ2n) is 5.20. The number of hydrogen-bond acceptors (Lipinski definition) is 4. The Balaban J connectivity index is 2.53. The van der Waals surface area contributed by atoms with E-state index in [-0.39, 0.29) is 23.3 Å². The van der Waals surface area contributed by atoms with Gasteiger partial charge in [0.25, 0.3) is 5.69 Å². The van der Waals surface area contributed by atoms with Crippen LogP contribution in [0, 0.1) is 16.0 Å². The molecule has 2 N–H and O–H groups in total. The van der Waals surface area contributed by atoms with Crippen LogP contribution in [0.4, 0.5) is 5.69 Å². The van der Waals surface area contributed by atoms with E-state index >= 15 is 0 Å². The lowest BCUT2D eigenvalue weighted by Gasteiger charge is -2.18. The molecule has 0 aromatic heterocycles. The van der Waals surface area contributed by atoms with Gasteiger partial charge in [-0.1, -0.05) is 26.0 Å². The van der Waals surface area contributed by atoms with E-state index in [4.69, 9.17) is 5.11 Å². The lowest BCUT2D eigenvalue weighted by Crippen LogP contribution is -2.22. The summed E-state index contributed by atoms with van der Waals surface area (Å²) in [5.41, 5.74) is 1.09. The van der Waals surface area contributed by atoms with Crippen molar-refractivity contribution in [1.82, 2.24) is 5.32 Å². The monoisotopic (exact) mass is 280 g/mol. The van der Waals surface area contributed by atoms with E-state index in [9.17, 15) is 10.1 Å². The second kappa shape index (κ2) is 8.66. The first-order valence-corrected chi connectivity index (χ1v) is 7.17. The van der Waals surface area contributed by atoms with Gasteiger partial charge in [-0.2, -0.15) is 0 Å². The predicted molar refractivity (Wildman–Crippen MR) is 79.6 cm³/mol. The smallest absolute Gasteiger partial charge is 0.269 e. The Kier molecular flexibility index (Phi) is 7.18. The molecule has 1 aromatic rings. The van der Waals surface area contributed by atoms with Gasteiger partial charge in [0, 0.05) is 24.8 Å². The van der Waals surface area contributed by atoms with Crippen molar-refractivity contribution in [3.05, 3.63) is 39.9 Å². The Labute approximate surface area is 120 Å². The molecule has 0 fully saturated rings. The number of benzene rings is 1. The molecule has 20 heavy (non-hydrogen) atoms. The van der Waals surface area contributed by atoms with Gasteiger partial charge in [-0.15, -0.1) is 0 Å². The Morgan fingerprint density at radius 2 is 2.20 bits per heavy atom. The molecule has 112 valence electrons. The third kappa shape index (κ3) is 5.27. The number of nitrogens with zero attached hydrogens (tertiary/aromatic N) is 1. The van der Waals surface area contributed by atoms with E-state index in [1.807, 2.05) is 13.0 Å². The third-order valence-electron chi connectivity index (χ3n) is 3.47. The largest absolute Gasteiger partial charge is 0.396 e. The summed E-state index contributed by atoms with van der Waals surface area (Å²) < 4.78 is 0. The third-order valence-corrected chi connectivity index (χ3v) is 3.47. The van der Waals surface area contributed by atoms with Crippen LogP contribution in [0.25, 0.3) is 0 Å². The maximum Gasteiger partial charge on any atom is 0.269 e. The predicted octanol–water partition coefficient (Wildman–Crippen LogP) is 3.04. The van der Waals surface area contributed by atoms with Crippen LogP contribution in [-0.2, 0) is 0 Å². The number of aliphatic hydroxyl groups is 1. The van der Waals surface area contributed by atoms with Gasteiger partial charge in [-0.3, -0.25) is 10.1 Å². The highest BCUT2D eigenvalue weighted by atomic mass is 16.6. The van der Waals surface area contributed by atoms with Crippen molar-refractivity contribution >= 4 is 5.69 Å². The Morgan fingerprint density at radius 1 is 1.45 bits per heavy atom. The fourth-order valence-electron chi connectivity index (χ4n) is 2.17. The number of hydrogen-bond donors (Lipinski definition) is 2. The van der Waals surface area contributed by atoms with E-state index in [0.29, 0.717) is 5.92 Å². The zero-order chi connectivity index (χ0) is 15.0. The fourth-order valence-corrected chi connectivity index (χ4v) is 2.17. The van der Waals surface area contributed by atoms with Gasteiger partial charge in [-0.25, -0.2) is 0 Å². The van der Waals surface area contributed by atoms with Crippen LogP contribution in [0.15, 0.2) is 24.3 Å². The van der Waals surface area contributed by atoms with E-state index in [1.54, 1.807) is 12.1 Å². The van der Waals surface area contributed by atoms with Crippen molar-refractivity contribution in [2.45, 2.75) is 39.2 Å². The first-order valence-electron chi connectivity index (χ1n) is 7.17. The minimum atomic E-state index is -0.362. The van der Waals surface area contributed by atoms with Crippen LogP contribution >= 0.6 is 0 Å². The van der Waals surface area contributed by atoms with Gasteiger partial charge in [0.2, 0.25) is 0 Å². The molecular formula is C15H24N2O3. The average molecular weight is 280 g/mol. The fraction of sp³-hybridized carbons (Fsp3) is 0.600. The minimum absolute atomic E-state index is 0.136. The van der Waals surface area contributed by atoms with Crippen molar-refractivity contribution in [3.63, 3.8) is 0 Å². The lowest BCUT2D eigenvalue weighted by atomic mass is 10.0. The summed E-state index contributed by atoms with van der Waals surface area (Å²) in [6.07, 6.45) is 2.86. The molecule has 5 heteroatoms. The van der Waals surface area contributed by atoms with Crippen LogP contribution in [0.1, 0.15) is 44.7 Å². The van der Waals surface area contributed by atoms with Gasteiger partial charge >= 0.3 is 0 Å². The number of nitrogens with one attached hydrogen (secondary N) is 1. The zero-order valence-corrected chi connectivity index (χ0v) is 12.2. The molecular weight excluding hydrogens is 256 g/mol. The van der Waals surface area contributed by atoms with Crippen LogP contribution in [-0.4, -0.2) is 23.2 Å². The van der Waals surface area contributed by atoms with Crippen LogP contribution in [0.3, 0.4) is 0 Å². The van der Waals surface area contributed by atoms with Crippen molar-refractivity contribution in [1.29, 1.82) is 0 Å². The second-order valence-corrected chi connectivity index (χ2v) is 5.20. The molecule has 0 spiro atoms. The number of nitro benzene ring substituents is 1. The van der Waals surface area contributed by atoms with Crippen LogP contribution in [0.2, 0.25) is 0 Å². The quantitative estimate of drug-likeness (QED) is 0.414. The summed E-state index contributed by atoms with van der Waals surface area (Å²) in [7, 11) is 0. The molecule has 0 aliphatic heterocycles. The molecule has 0 aliphatic carbocycles. The summed E-state index contributed by atoms with van der Waals surface area (Å²) in [5.74, 6) is 0.328. The molecule has 1 rings (SSSR count). The molecule has 0 aliphatic rings. The normalized spacial score (nSPS) is 13.9. The maximum absolute atomic E-state index is 10.8. The molecule has 5 nitrogen and oxygen atoms in total. The van der Waals surface area contributed by atoms with Crippen molar-refractivity contribution in [2.75, 3.05) is 13.2 Å². The van der Waals surface area contributed by atoms with Gasteiger partial charge in [0.15, 0.2) is 0 Å². The highest BCUT2D eigenvalue weighted by Gasteiger charge is 2.12. The Morgan fingerprint density at radius 3 is 2.80 bits per heavy atom. The Hall–Kier alpha value is -1.46. The van der Waals surface area contributed by atoms with Crippen molar-refractivity contribution in [3.8, 4) is 0 Å². The summed E-state index contributed by atoms with van der Waals surface area (Å²) >= 11 is 0. The van der Waals surface area contributed by atoms with Gasteiger partial charge in [-0.05, 0) is 37.3 Å². The molecule has 0 bridgehead atoms. The van der Waals surface area contributed by atoms with Crippen LogP contribution < -0.4 is 5.32 Å². The standard InChI is InChI=1S/C15H24N2O3/c1-3-15(16-9-5-6-12(2)11-18)13-7-4-8-14(10-13)17(19)20/h4,7-8,10,12,15-16,18H,3,5-6,9,11H2,1-2H3. The SMILES string of the molecule is CCC(NCCCC(C)CO)c1cccc([N+](=O)[O-])c1. The summed E-state index contributed by atoms with van der Waals surface area (Å²) in [6.45, 7) is 5.17. The highest BCUT2D eigenvalue weighted by Crippen LogP contribution is 2.21. The first-order chi connectivity index (χ1) is 9.58. The molecule has 1 aromatic carbocycles. The number of nitro groups is 1. The summed E-state index contributed by atoms with van der Waals surface area (Å²) in [6, 6.07) is 6.94. The van der Waals surface area contributed by atoms with Gasteiger partial charge in [0.1, 0.15) is 0 Å². The molecule has 2 atom stereocenters. The van der Waals surface area contributed by atoms with E-state index in [0.717, 1.165) is 31.4 Å². The van der Waals surface area contributed by atoms with Crippen molar-refractivity contribution < 1.29 is 10.0 Å². The molecule has 0 heterocycles. The first kappa shape index (κ1) is 16.6. The van der Waals surface area contributed by atoms with Crippen molar-refractivity contribution in [2.24, 2.45) is 5.92 Å². The molecule has 0 saturated heterocycles. The molecule has 0 amide bonds. The number of non-ortho nitro benzene ring substituents is 1. The zero-order valence-electron chi connectivity index (χ0n) is 12.2. The Bertz CT molecular complexity index is 423. The highest BCUT2D eigenvalue weighted by molar-refractivity contribution is 5.35. The molecule has 0 saturated carbocycles. The number of aliphatic hydroxyl groups excluding tert-OH is 1. The maximum atomic E-state index is 10.8. The number of rotatable bonds is 9. The molecule has 2 unspecified atom stereocenters. The topological polar surface area (TPSA) is 75.4 Å². The van der Waals surface area contributed by atoms with Crippen LogP contribution in [0.5, 0.6) is 0 Å². The van der Waals surface area contributed by atoms with Gasteiger partial charge < -0.3 is 10.4 Å². The summed E-state index contributed by atoms with van der Waals surface area (Å²) in [4.78, 5) is 10.4. The average Bonchev–Trinajstić information content (AvgIpc) is 2.47. The van der Waals surface area contributed by atoms with E-state index in [1.165, 1.54) is 6.07 Å². The minimum Gasteiger partial charge on any atom is -0.396 e. The summed E-state index contributed by atoms with van der Waals surface area (Å²) in [5, 5.41) is 23.2. The lowest BCUT2D eigenvalue weighted by molar-refractivity contribution is -0.384. The molecule has 0 radical (unpaired) electrons. The van der Waals surface area contributed by atoms with E-state index in [2.05, 4.69) is 12.2 Å². The van der Waals surface area contributed by atoms with E-state index < -0.39 is 0 Å². The van der Waals surface area contributed by atoms with Gasteiger partial charge in [0.05, 0.1) is 4.92 Å².